The van der Waals surface area contributed by atoms with Crippen molar-refractivity contribution in [3.63, 3.8) is 0 Å². The molecular formula is C33H36ClN3O2. The molecule has 0 N–H and O–H groups in total. The number of para-hydroxylation sites is 2. The first kappa shape index (κ1) is 29.8. The van der Waals surface area contributed by atoms with Crippen LogP contribution in [-0.4, -0.2) is 41.7 Å². The molecule has 0 saturated heterocycles. The van der Waals surface area contributed by atoms with Gasteiger partial charge in [-0.25, -0.2) is 4.98 Å². The average molecular weight is 542 g/mol. The number of benzene rings is 4. The summed E-state index contributed by atoms with van der Waals surface area (Å²) in [6, 6.07) is 36.0. The summed E-state index contributed by atoms with van der Waals surface area (Å²) in [5, 5.41) is 0.649. The van der Waals surface area contributed by atoms with Gasteiger partial charge in [-0.2, -0.15) is 0 Å². The van der Waals surface area contributed by atoms with Crippen LogP contribution in [0.5, 0.6) is 0 Å². The number of likely N-dealkylation sites (N-methyl/N-ethyl adjacent to an activating group) is 1. The van der Waals surface area contributed by atoms with Crippen LogP contribution in [0.4, 0.5) is 0 Å². The van der Waals surface area contributed by atoms with E-state index in [4.69, 9.17) is 4.74 Å². The van der Waals surface area contributed by atoms with Crippen LogP contribution in [0.2, 0.25) is 0 Å². The fraction of sp³-hybridized carbons (Fsp3) is 0.212. The first-order valence-electron chi connectivity index (χ1n) is 12.9. The van der Waals surface area contributed by atoms with Gasteiger partial charge in [0.25, 0.3) is 5.56 Å². The predicted molar refractivity (Wildman–Crippen MR) is 163 cm³/mol. The normalized spacial score (nSPS) is 10.7. The molecule has 4 aromatic carbocycles. The zero-order valence-electron chi connectivity index (χ0n) is 23.0. The van der Waals surface area contributed by atoms with Crippen LogP contribution in [0.15, 0.2) is 114 Å². The van der Waals surface area contributed by atoms with Gasteiger partial charge in [-0.1, -0.05) is 91.0 Å². The molecule has 0 atom stereocenters. The Labute approximate surface area is 237 Å². The number of aryl methyl sites for hydroxylation is 2. The molecular weight excluding hydrogens is 506 g/mol. The lowest BCUT2D eigenvalue weighted by molar-refractivity contribution is 0.0687. The minimum atomic E-state index is -0.0163. The molecule has 0 radical (unpaired) electrons. The monoisotopic (exact) mass is 541 g/mol. The molecule has 5 nitrogen and oxygen atoms in total. The summed E-state index contributed by atoms with van der Waals surface area (Å²) < 4.78 is 7.76. The van der Waals surface area contributed by atoms with E-state index in [1.807, 2.05) is 74.5 Å². The van der Waals surface area contributed by atoms with Crippen molar-refractivity contribution in [3.05, 3.63) is 142 Å². The summed E-state index contributed by atoms with van der Waals surface area (Å²) in [7, 11) is 4.12. The van der Waals surface area contributed by atoms with E-state index in [1.165, 1.54) is 11.1 Å². The fourth-order valence-electron chi connectivity index (χ4n) is 4.34. The van der Waals surface area contributed by atoms with E-state index >= 15 is 0 Å². The number of rotatable bonds is 7. The molecule has 0 aliphatic carbocycles. The Morgan fingerprint density at radius 1 is 0.769 bits per heavy atom. The molecule has 1 aromatic heterocycles. The van der Waals surface area contributed by atoms with Crippen molar-refractivity contribution in [3.8, 4) is 5.69 Å². The van der Waals surface area contributed by atoms with Gasteiger partial charge < -0.3 is 9.64 Å². The second kappa shape index (κ2) is 14.4. The molecule has 1 heterocycles. The van der Waals surface area contributed by atoms with Crippen LogP contribution in [0, 0.1) is 13.8 Å². The Bertz CT molecular complexity index is 1480. The summed E-state index contributed by atoms with van der Waals surface area (Å²) in [6.07, 6.45) is 0.0161. The minimum absolute atomic E-state index is 0. The molecule has 0 fully saturated rings. The first-order valence-corrected chi connectivity index (χ1v) is 12.9. The second-order valence-electron chi connectivity index (χ2n) is 9.48. The van der Waals surface area contributed by atoms with Crippen molar-refractivity contribution in [1.82, 2.24) is 14.5 Å². The van der Waals surface area contributed by atoms with Gasteiger partial charge in [-0.3, -0.25) is 9.36 Å². The number of fused-ring (bicyclic) bond motifs is 1. The van der Waals surface area contributed by atoms with Crippen LogP contribution in [0.1, 0.15) is 28.6 Å². The predicted octanol–water partition coefficient (Wildman–Crippen LogP) is 6.78. The third-order valence-electron chi connectivity index (χ3n) is 6.33. The van der Waals surface area contributed by atoms with E-state index < -0.39 is 0 Å². The van der Waals surface area contributed by atoms with Gasteiger partial charge in [0.2, 0.25) is 0 Å². The highest BCUT2D eigenvalue weighted by molar-refractivity contribution is 5.85. The number of halogens is 1. The molecule has 6 heteroatoms. The Morgan fingerprint density at radius 2 is 1.31 bits per heavy atom. The average Bonchev–Trinajstić information content (AvgIpc) is 2.93. The maximum absolute atomic E-state index is 12.6. The van der Waals surface area contributed by atoms with Gasteiger partial charge in [-0.05, 0) is 62.8 Å². The Balaban J connectivity index is 0.000000210. The summed E-state index contributed by atoms with van der Waals surface area (Å²) in [4.78, 5) is 19.3. The number of ether oxygens (including phenoxy) is 1. The summed E-state index contributed by atoms with van der Waals surface area (Å²) in [5.74, 6) is 0.706. The lowest BCUT2D eigenvalue weighted by Gasteiger charge is -2.20. The SMILES string of the molecule is CN(C)CCOC(c1ccccc1)c1ccccc1.Cc1ccccc1-n1c(C)nc2ccccc2c1=O.Cl. The van der Waals surface area contributed by atoms with E-state index in [2.05, 4.69) is 72.5 Å². The van der Waals surface area contributed by atoms with E-state index in [1.54, 1.807) is 4.57 Å². The molecule has 5 aromatic rings. The van der Waals surface area contributed by atoms with Gasteiger partial charge in [-0.15, -0.1) is 12.4 Å². The van der Waals surface area contributed by atoms with Crippen molar-refractivity contribution >= 4 is 23.3 Å². The summed E-state index contributed by atoms with van der Waals surface area (Å²) in [5.41, 5.74) is 5.08. The fourth-order valence-corrected chi connectivity index (χ4v) is 4.34. The number of hydrogen-bond acceptors (Lipinski definition) is 4. The highest BCUT2D eigenvalue weighted by atomic mass is 35.5. The van der Waals surface area contributed by atoms with Gasteiger partial charge in [0.05, 0.1) is 23.2 Å². The molecule has 0 aliphatic rings. The van der Waals surface area contributed by atoms with Gasteiger partial charge in [0, 0.05) is 6.54 Å². The molecule has 0 aliphatic heterocycles. The van der Waals surface area contributed by atoms with Crippen LogP contribution >= 0.6 is 12.4 Å². The molecule has 0 spiro atoms. The van der Waals surface area contributed by atoms with Crippen molar-refractivity contribution in [1.29, 1.82) is 0 Å². The van der Waals surface area contributed by atoms with Crippen molar-refractivity contribution < 1.29 is 4.74 Å². The van der Waals surface area contributed by atoms with Gasteiger partial charge >= 0.3 is 0 Å². The van der Waals surface area contributed by atoms with Gasteiger partial charge in [0.15, 0.2) is 0 Å². The van der Waals surface area contributed by atoms with Crippen molar-refractivity contribution in [2.45, 2.75) is 20.0 Å². The largest absolute Gasteiger partial charge is 0.367 e. The van der Waals surface area contributed by atoms with Gasteiger partial charge in [0.1, 0.15) is 11.9 Å². The maximum Gasteiger partial charge on any atom is 0.265 e. The molecule has 39 heavy (non-hydrogen) atoms. The quantitative estimate of drug-likeness (QED) is 0.228. The number of aromatic nitrogens is 2. The highest BCUT2D eigenvalue weighted by Gasteiger charge is 2.14. The first-order chi connectivity index (χ1) is 18.5. The molecule has 0 amide bonds. The Hall–Kier alpha value is -3.77. The molecule has 5 rings (SSSR count). The summed E-state index contributed by atoms with van der Waals surface area (Å²) in [6.45, 7) is 5.51. The third-order valence-corrected chi connectivity index (χ3v) is 6.33. The lowest BCUT2D eigenvalue weighted by Crippen LogP contribution is -2.22. The van der Waals surface area contributed by atoms with Crippen LogP contribution in [0.3, 0.4) is 0 Å². The smallest absolute Gasteiger partial charge is 0.265 e. The Morgan fingerprint density at radius 3 is 1.90 bits per heavy atom. The zero-order valence-corrected chi connectivity index (χ0v) is 23.8. The molecule has 202 valence electrons. The standard InChI is InChI=1S/C17H21NO.C16H14N2O.ClH/c1-18(2)13-14-19-17(15-9-5-3-6-10-15)16-11-7-4-8-12-16;1-11-7-3-6-10-15(11)18-12(2)17-14-9-5-4-8-13(14)16(18)19;/h3-12,17H,13-14H2,1-2H3;3-10H,1-2H3;1H. The van der Waals surface area contributed by atoms with Crippen LogP contribution < -0.4 is 5.56 Å². The van der Waals surface area contributed by atoms with E-state index in [0.29, 0.717) is 11.2 Å². The third kappa shape index (κ3) is 7.64. The second-order valence-corrected chi connectivity index (χ2v) is 9.48. The topological polar surface area (TPSA) is 47.4 Å². The summed E-state index contributed by atoms with van der Waals surface area (Å²) >= 11 is 0. The lowest BCUT2D eigenvalue weighted by atomic mass is 10.0. The van der Waals surface area contributed by atoms with Crippen LogP contribution in [-0.2, 0) is 4.74 Å². The maximum atomic E-state index is 12.6. The van der Waals surface area contributed by atoms with Crippen LogP contribution in [0.25, 0.3) is 16.6 Å². The molecule has 0 saturated carbocycles. The Kier molecular flexibility index (Phi) is 11.0. The number of nitrogens with zero attached hydrogens (tertiary/aromatic N) is 3. The van der Waals surface area contributed by atoms with Crippen molar-refractivity contribution in [2.75, 3.05) is 27.2 Å². The minimum Gasteiger partial charge on any atom is -0.367 e. The zero-order chi connectivity index (χ0) is 26.9. The molecule has 0 unspecified atom stereocenters. The highest BCUT2D eigenvalue weighted by Crippen LogP contribution is 2.25. The van der Waals surface area contributed by atoms with Crippen molar-refractivity contribution in [2.24, 2.45) is 0 Å². The van der Waals surface area contributed by atoms with E-state index in [-0.39, 0.29) is 24.1 Å². The van der Waals surface area contributed by atoms with E-state index in [9.17, 15) is 4.79 Å². The van der Waals surface area contributed by atoms with E-state index in [0.717, 1.165) is 29.9 Å². The molecule has 0 bridgehead atoms. The number of hydrogen-bond donors (Lipinski definition) is 0.